The van der Waals surface area contributed by atoms with Gasteiger partial charge in [0.25, 0.3) is 0 Å². The van der Waals surface area contributed by atoms with E-state index in [1.807, 2.05) is 0 Å². The second-order valence-electron chi connectivity index (χ2n) is 3.27. The molecule has 0 saturated heterocycles. The van der Waals surface area contributed by atoms with Gasteiger partial charge in [0.1, 0.15) is 5.82 Å². The molecule has 0 saturated carbocycles. The molecular formula is C10H11F2N3O2. The number of hydrogen-bond acceptors (Lipinski definition) is 3. The molecule has 0 fully saturated rings. The Morgan fingerprint density at radius 2 is 2.41 bits per heavy atom. The van der Waals surface area contributed by atoms with E-state index in [0.717, 1.165) is 6.20 Å². The van der Waals surface area contributed by atoms with Gasteiger partial charge in [0, 0.05) is 12.4 Å². The molecule has 1 aromatic rings. The highest BCUT2D eigenvalue weighted by Crippen LogP contribution is 2.13. The maximum Gasteiger partial charge on any atom is 0.319 e. The lowest BCUT2D eigenvalue weighted by atomic mass is 10.4. The van der Waals surface area contributed by atoms with E-state index < -0.39 is 12.5 Å². The number of imidazole rings is 1. The molecule has 1 heterocycles. The van der Waals surface area contributed by atoms with E-state index in [9.17, 15) is 13.6 Å². The van der Waals surface area contributed by atoms with Gasteiger partial charge in [-0.15, -0.1) is 6.42 Å². The van der Waals surface area contributed by atoms with Gasteiger partial charge in [0.2, 0.25) is 0 Å². The first-order chi connectivity index (χ1) is 8.04. The summed E-state index contributed by atoms with van der Waals surface area (Å²) in [6.07, 6.45) is 7.44. The van der Waals surface area contributed by atoms with Crippen LogP contribution in [0.1, 0.15) is 12.4 Å². The third-order valence-electron chi connectivity index (χ3n) is 2.00. The molecule has 0 aliphatic heterocycles. The highest BCUT2D eigenvalue weighted by molar-refractivity contribution is 5.69. The number of carboxylic acid groups (broad SMARTS) is 1. The molecule has 0 aliphatic rings. The van der Waals surface area contributed by atoms with Crippen molar-refractivity contribution in [3.63, 3.8) is 0 Å². The summed E-state index contributed by atoms with van der Waals surface area (Å²) in [6, 6.07) is 0. The summed E-state index contributed by atoms with van der Waals surface area (Å²) in [5, 5.41) is 8.63. The van der Waals surface area contributed by atoms with E-state index >= 15 is 0 Å². The predicted octanol–water partition coefficient (Wildman–Crippen LogP) is 0.798. The second kappa shape index (κ2) is 5.96. The summed E-state index contributed by atoms with van der Waals surface area (Å²) in [5.41, 5.74) is 0. The van der Waals surface area contributed by atoms with Crippen LogP contribution < -0.4 is 0 Å². The van der Waals surface area contributed by atoms with E-state index in [-0.39, 0.29) is 25.5 Å². The highest BCUT2D eigenvalue weighted by atomic mass is 19.3. The number of rotatable bonds is 6. The summed E-state index contributed by atoms with van der Waals surface area (Å²) in [4.78, 5) is 15.6. The zero-order valence-electron chi connectivity index (χ0n) is 8.88. The third-order valence-corrected chi connectivity index (χ3v) is 2.00. The molecule has 0 spiro atoms. The smallest absolute Gasteiger partial charge is 0.319 e. The number of halogens is 2. The van der Waals surface area contributed by atoms with E-state index in [2.05, 4.69) is 10.9 Å². The number of aromatic nitrogens is 2. The normalized spacial score (nSPS) is 10.8. The van der Waals surface area contributed by atoms with Crippen molar-refractivity contribution in [2.24, 2.45) is 0 Å². The van der Waals surface area contributed by atoms with Gasteiger partial charge in [0.05, 0.1) is 19.6 Å². The Labute approximate surface area is 96.7 Å². The Bertz CT molecular complexity index is 425. The molecule has 0 amide bonds. The lowest BCUT2D eigenvalue weighted by Crippen LogP contribution is -2.31. The summed E-state index contributed by atoms with van der Waals surface area (Å²) < 4.78 is 25.7. The number of carbonyl (C=O) groups is 1. The van der Waals surface area contributed by atoms with Crippen LogP contribution in [0, 0.1) is 12.3 Å². The van der Waals surface area contributed by atoms with Crippen LogP contribution in [0.15, 0.2) is 12.4 Å². The minimum atomic E-state index is -2.70. The van der Waals surface area contributed by atoms with Gasteiger partial charge in [0.15, 0.2) is 0 Å². The van der Waals surface area contributed by atoms with Crippen molar-refractivity contribution in [1.82, 2.24) is 14.5 Å². The van der Waals surface area contributed by atoms with Crippen LogP contribution in [0.3, 0.4) is 0 Å². The number of alkyl halides is 2. The average Bonchev–Trinajstić information content (AvgIpc) is 2.65. The minimum absolute atomic E-state index is 0.0339. The largest absolute Gasteiger partial charge is 0.480 e. The van der Waals surface area contributed by atoms with E-state index in [1.54, 1.807) is 0 Å². The molecule has 17 heavy (non-hydrogen) atoms. The third kappa shape index (κ3) is 3.85. The molecule has 1 N–H and O–H groups in total. The Morgan fingerprint density at radius 3 is 2.94 bits per heavy atom. The molecule has 0 bridgehead atoms. The average molecular weight is 243 g/mol. The van der Waals surface area contributed by atoms with Crippen LogP contribution in [0.25, 0.3) is 0 Å². The van der Waals surface area contributed by atoms with E-state index in [0.29, 0.717) is 4.57 Å². The minimum Gasteiger partial charge on any atom is -0.480 e. The maximum atomic E-state index is 12.5. The van der Waals surface area contributed by atoms with Crippen molar-refractivity contribution >= 4 is 5.97 Å². The van der Waals surface area contributed by atoms with Crippen LogP contribution in [-0.2, 0) is 11.3 Å². The molecule has 7 heteroatoms. The zero-order chi connectivity index (χ0) is 12.8. The molecule has 1 aromatic heterocycles. The van der Waals surface area contributed by atoms with Crippen molar-refractivity contribution in [3.05, 3.63) is 18.2 Å². The maximum absolute atomic E-state index is 12.5. The molecule has 0 unspecified atom stereocenters. The summed E-state index contributed by atoms with van der Waals surface area (Å²) in [5.74, 6) is 1.28. The Kier molecular flexibility index (Phi) is 4.60. The molecule has 0 atom stereocenters. The number of terminal acetylenes is 1. The highest BCUT2D eigenvalue weighted by Gasteiger charge is 2.16. The molecular weight excluding hydrogens is 232 g/mol. The fourth-order valence-electron chi connectivity index (χ4n) is 1.33. The number of hydrogen-bond donors (Lipinski definition) is 1. The second-order valence-corrected chi connectivity index (χ2v) is 3.27. The van der Waals surface area contributed by atoms with Crippen molar-refractivity contribution < 1.29 is 18.7 Å². The molecule has 5 nitrogen and oxygen atoms in total. The van der Waals surface area contributed by atoms with Gasteiger partial charge in [-0.3, -0.25) is 14.3 Å². The number of nitrogens with zero attached hydrogens (tertiary/aromatic N) is 3. The van der Waals surface area contributed by atoms with Crippen LogP contribution >= 0.6 is 0 Å². The van der Waals surface area contributed by atoms with Crippen LogP contribution in [-0.4, -0.2) is 38.6 Å². The standard InChI is InChI=1S/C10H11F2N3O2/c1-2-4-14(7-9(16)17)6-8-13-3-5-15(8)10(11)12/h1,3,5,10H,4,6-7H2,(H,16,17). The van der Waals surface area contributed by atoms with Gasteiger partial charge >= 0.3 is 12.5 Å². The van der Waals surface area contributed by atoms with Gasteiger partial charge in [-0.25, -0.2) is 4.98 Å². The van der Waals surface area contributed by atoms with Gasteiger partial charge < -0.3 is 5.11 Å². The lowest BCUT2D eigenvalue weighted by molar-refractivity contribution is -0.138. The van der Waals surface area contributed by atoms with Gasteiger partial charge in [-0.1, -0.05) is 5.92 Å². The Hall–Kier alpha value is -1.94. The fourth-order valence-corrected chi connectivity index (χ4v) is 1.33. The van der Waals surface area contributed by atoms with Crippen LogP contribution in [0.4, 0.5) is 8.78 Å². The van der Waals surface area contributed by atoms with Crippen molar-refractivity contribution in [2.45, 2.75) is 13.1 Å². The summed E-state index contributed by atoms with van der Waals surface area (Å²) in [6.45, 7) is -3.00. The first-order valence-corrected chi connectivity index (χ1v) is 4.72. The first kappa shape index (κ1) is 13.1. The first-order valence-electron chi connectivity index (χ1n) is 4.72. The summed E-state index contributed by atoms with van der Waals surface area (Å²) >= 11 is 0. The van der Waals surface area contributed by atoms with E-state index in [4.69, 9.17) is 11.5 Å². The summed E-state index contributed by atoms with van der Waals surface area (Å²) in [7, 11) is 0. The molecule has 0 radical (unpaired) electrons. The van der Waals surface area contributed by atoms with Gasteiger partial charge in [-0.05, 0) is 0 Å². The number of aliphatic carboxylic acids is 1. The number of carboxylic acids is 1. The van der Waals surface area contributed by atoms with Crippen LogP contribution in [0.5, 0.6) is 0 Å². The molecule has 0 aromatic carbocycles. The monoisotopic (exact) mass is 243 g/mol. The van der Waals surface area contributed by atoms with Crippen LogP contribution in [0.2, 0.25) is 0 Å². The van der Waals surface area contributed by atoms with Crippen molar-refractivity contribution in [1.29, 1.82) is 0 Å². The lowest BCUT2D eigenvalue weighted by Gasteiger charge is -2.17. The van der Waals surface area contributed by atoms with Crippen molar-refractivity contribution in [3.8, 4) is 12.3 Å². The SMILES string of the molecule is C#CCN(CC(=O)O)Cc1nccn1C(F)F. The molecule has 92 valence electrons. The zero-order valence-corrected chi connectivity index (χ0v) is 8.88. The molecule has 0 aliphatic carbocycles. The van der Waals surface area contributed by atoms with Crippen molar-refractivity contribution in [2.75, 3.05) is 13.1 Å². The molecule has 1 rings (SSSR count). The predicted molar refractivity (Wildman–Crippen MR) is 55.2 cm³/mol. The Balaban J connectivity index is 2.75. The Morgan fingerprint density at radius 1 is 1.71 bits per heavy atom. The topological polar surface area (TPSA) is 58.4 Å². The van der Waals surface area contributed by atoms with Gasteiger partial charge in [-0.2, -0.15) is 8.78 Å². The van der Waals surface area contributed by atoms with E-state index in [1.165, 1.54) is 11.1 Å². The fraction of sp³-hybridized carbons (Fsp3) is 0.400. The quantitative estimate of drug-likeness (QED) is 0.751.